The van der Waals surface area contributed by atoms with E-state index in [-0.39, 0.29) is 11.9 Å². The van der Waals surface area contributed by atoms with Crippen LogP contribution in [0.3, 0.4) is 0 Å². The summed E-state index contributed by atoms with van der Waals surface area (Å²) in [5.74, 6) is 5.29. The zero-order valence-electron chi connectivity index (χ0n) is 9.91. The maximum Gasteiger partial charge on any atom is 0.129 e. The molecule has 6 heteroatoms. The van der Waals surface area contributed by atoms with Crippen molar-refractivity contribution in [1.82, 2.24) is 10.4 Å². The van der Waals surface area contributed by atoms with Crippen LogP contribution in [0.25, 0.3) is 0 Å². The van der Waals surface area contributed by atoms with Gasteiger partial charge in [-0.2, -0.15) is 0 Å². The highest BCUT2D eigenvalue weighted by Crippen LogP contribution is 2.25. The summed E-state index contributed by atoms with van der Waals surface area (Å²) in [6.07, 6.45) is 2.15. The molecule has 0 amide bonds. The van der Waals surface area contributed by atoms with Gasteiger partial charge in [0.1, 0.15) is 11.0 Å². The molecular formula is C13H12BrClFN3. The Morgan fingerprint density at radius 2 is 2.16 bits per heavy atom. The third kappa shape index (κ3) is 3.73. The molecule has 0 saturated heterocycles. The van der Waals surface area contributed by atoms with E-state index in [1.807, 2.05) is 6.07 Å². The van der Waals surface area contributed by atoms with Gasteiger partial charge in [-0.15, -0.1) is 0 Å². The molecule has 0 aliphatic carbocycles. The van der Waals surface area contributed by atoms with Crippen LogP contribution in [0.15, 0.2) is 41.0 Å². The van der Waals surface area contributed by atoms with Crippen molar-refractivity contribution in [1.29, 1.82) is 0 Å². The molecule has 0 aliphatic rings. The number of halogens is 3. The van der Waals surface area contributed by atoms with Crippen LogP contribution in [0.2, 0.25) is 5.15 Å². The number of nitrogens with two attached hydrogens (primary N) is 1. The van der Waals surface area contributed by atoms with Crippen LogP contribution in [-0.2, 0) is 6.42 Å². The number of pyridine rings is 1. The van der Waals surface area contributed by atoms with E-state index in [2.05, 4.69) is 26.3 Å². The van der Waals surface area contributed by atoms with E-state index in [0.717, 1.165) is 15.6 Å². The minimum atomic E-state index is -0.276. The predicted octanol–water partition coefficient (Wildman–Crippen LogP) is 3.38. The van der Waals surface area contributed by atoms with Crippen LogP contribution in [0.4, 0.5) is 4.39 Å². The number of hydrogen-bond donors (Lipinski definition) is 2. The summed E-state index contributed by atoms with van der Waals surface area (Å²) in [7, 11) is 0. The molecule has 1 aromatic heterocycles. The molecule has 3 N–H and O–H groups in total. The molecule has 0 fully saturated rings. The Kier molecular flexibility index (Phi) is 4.87. The number of nitrogens with one attached hydrogen (secondary N) is 1. The minimum absolute atomic E-state index is 0.168. The Labute approximate surface area is 124 Å². The predicted molar refractivity (Wildman–Crippen MR) is 77.1 cm³/mol. The molecule has 0 saturated carbocycles. The lowest BCUT2D eigenvalue weighted by Crippen LogP contribution is -2.29. The van der Waals surface area contributed by atoms with E-state index in [4.69, 9.17) is 17.4 Å². The lowest BCUT2D eigenvalue weighted by atomic mass is 10.0. The van der Waals surface area contributed by atoms with Crippen molar-refractivity contribution in [3.05, 3.63) is 63.1 Å². The number of hydrazine groups is 1. The van der Waals surface area contributed by atoms with E-state index >= 15 is 0 Å². The van der Waals surface area contributed by atoms with Gasteiger partial charge in [-0.3, -0.25) is 11.3 Å². The quantitative estimate of drug-likeness (QED) is 0.508. The van der Waals surface area contributed by atoms with Gasteiger partial charge in [0.05, 0.1) is 6.04 Å². The molecule has 0 aliphatic heterocycles. The fourth-order valence-electron chi connectivity index (χ4n) is 1.83. The molecule has 2 aromatic rings. The summed E-state index contributed by atoms with van der Waals surface area (Å²) in [5, 5.41) is 0.399. The minimum Gasteiger partial charge on any atom is -0.271 e. The maximum atomic E-state index is 13.3. The normalized spacial score (nSPS) is 12.4. The van der Waals surface area contributed by atoms with Gasteiger partial charge in [0, 0.05) is 10.7 Å². The Hall–Kier alpha value is -1.01. The fraction of sp³-hybridized carbons (Fsp3) is 0.154. The standard InChI is InChI=1S/C13H12BrClFN3/c14-11-2-1-10(16)5-9(11)6-12(19-17)8-3-4-18-13(15)7-8/h1-5,7,12,19H,6,17H2. The van der Waals surface area contributed by atoms with Gasteiger partial charge in [-0.1, -0.05) is 27.5 Å². The number of hydrogen-bond acceptors (Lipinski definition) is 3. The summed E-state index contributed by atoms with van der Waals surface area (Å²) in [6, 6.07) is 7.96. The second-order valence-corrected chi connectivity index (χ2v) is 5.31. The van der Waals surface area contributed by atoms with Crippen molar-refractivity contribution in [3.8, 4) is 0 Å². The van der Waals surface area contributed by atoms with Crippen LogP contribution in [-0.4, -0.2) is 4.98 Å². The maximum absolute atomic E-state index is 13.3. The highest BCUT2D eigenvalue weighted by molar-refractivity contribution is 9.10. The van der Waals surface area contributed by atoms with Crippen LogP contribution in [0.1, 0.15) is 17.2 Å². The second-order valence-electron chi connectivity index (χ2n) is 4.07. The van der Waals surface area contributed by atoms with Gasteiger partial charge in [-0.25, -0.2) is 9.37 Å². The van der Waals surface area contributed by atoms with Gasteiger partial charge < -0.3 is 0 Å². The molecule has 0 radical (unpaired) electrons. The van der Waals surface area contributed by atoms with Crippen molar-refractivity contribution < 1.29 is 4.39 Å². The molecule has 0 bridgehead atoms. The Bertz CT molecular complexity index is 580. The van der Waals surface area contributed by atoms with E-state index in [1.165, 1.54) is 12.1 Å². The van der Waals surface area contributed by atoms with Gasteiger partial charge in [0.2, 0.25) is 0 Å². The number of aromatic nitrogens is 1. The number of benzene rings is 1. The Morgan fingerprint density at radius 3 is 2.84 bits per heavy atom. The van der Waals surface area contributed by atoms with Gasteiger partial charge in [0.15, 0.2) is 0 Å². The average molecular weight is 345 g/mol. The van der Waals surface area contributed by atoms with Gasteiger partial charge in [-0.05, 0) is 47.9 Å². The molecule has 19 heavy (non-hydrogen) atoms. The molecule has 0 spiro atoms. The lowest BCUT2D eigenvalue weighted by Gasteiger charge is -2.17. The molecule has 1 heterocycles. The first-order chi connectivity index (χ1) is 9.10. The lowest BCUT2D eigenvalue weighted by molar-refractivity contribution is 0.547. The molecular weight excluding hydrogens is 333 g/mol. The molecule has 1 unspecified atom stereocenters. The first kappa shape index (κ1) is 14.4. The van der Waals surface area contributed by atoms with Crippen LogP contribution in [0, 0.1) is 5.82 Å². The zero-order chi connectivity index (χ0) is 13.8. The molecule has 1 aromatic carbocycles. The fourth-order valence-corrected chi connectivity index (χ4v) is 2.42. The summed E-state index contributed by atoms with van der Waals surface area (Å²) in [6.45, 7) is 0. The molecule has 1 atom stereocenters. The van der Waals surface area contributed by atoms with Crippen molar-refractivity contribution in [3.63, 3.8) is 0 Å². The summed E-state index contributed by atoms with van der Waals surface area (Å²) in [5.41, 5.74) is 4.44. The van der Waals surface area contributed by atoms with Crippen molar-refractivity contribution >= 4 is 27.5 Å². The highest BCUT2D eigenvalue weighted by atomic mass is 79.9. The van der Waals surface area contributed by atoms with Crippen LogP contribution < -0.4 is 11.3 Å². The highest BCUT2D eigenvalue weighted by Gasteiger charge is 2.13. The summed E-state index contributed by atoms with van der Waals surface area (Å²) in [4.78, 5) is 3.92. The molecule has 100 valence electrons. The van der Waals surface area contributed by atoms with Gasteiger partial charge >= 0.3 is 0 Å². The summed E-state index contributed by atoms with van der Waals surface area (Å²) < 4.78 is 14.1. The monoisotopic (exact) mass is 343 g/mol. The van der Waals surface area contributed by atoms with E-state index in [0.29, 0.717) is 11.6 Å². The van der Waals surface area contributed by atoms with E-state index in [9.17, 15) is 4.39 Å². The van der Waals surface area contributed by atoms with Crippen LogP contribution in [0.5, 0.6) is 0 Å². The van der Waals surface area contributed by atoms with Crippen molar-refractivity contribution in [2.75, 3.05) is 0 Å². The van der Waals surface area contributed by atoms with Crippen LogP contribution >= 0.6 is 27.5 Å². The third-order valence-corrected chi connectivity index (χ3v) is 3.77. The molecule has 3 nitrogen and oxygen atoms in total. The van der Waals surface area contributed by atoms with E-state index in [1.54, 1.807) is 18.3 Å². The summed E-state index contributed by atoms with van der Waals surface area (Å²) >= 11 is 9.26. The first-order valence-corrected chi connectivity index (χ1v) is 6.78. The average Bonchev–Trinajstić information content (AvgIpc) is 2.39. The zero-order valence-corrected chi connectivity index (χ0v) is 12.2. The Balaban J connectivity index is 2.26. The Morgan fingerprint density at radius 1 is 1.37 bits per heavy atom. The number of nitrogens with zero attached hydrogens (tertiary/aromatic N) is 1. The third-order valence-electron chi connectivity index (χ3n) is 2.79. The van der Waals surface area contributed by atoms with E-state index < -0.39 is 0 Å². The molecule has 2 rings (SSSR count). The first-order valence-electron chi connectivity index (χ1n) is 5.61. The topological polar surface area (TPSA) is 50.9 Å². The second kappa shape index (κ2) is 6.43. The van der Waals surface area contributed by atoms with Crippen molar-refractivity contribution in [2.24, 2.45) is 5.84 Å². The van der Waals surface area contributed by atoms with Crippen molar-refractivity contribution in [2.45, 2.75) is 12.5 Å². The largest absolute Gasteiger partial charge is 0.271 e. The van der Waals surface area contributed by atoms with Gasteiger partial charge in [0.25, 0.3) is 0 Å². The SMILES string of the molecule is NNC(Cc1cc(F)ccc1Br)c1ccnc(Cl)c1. The number of rotatable bonds is 4. The smallest absolute Gasteiger partial charge is 0.129 e.